The van der Waals surface area contributed by atoms with E-state index in [0.29, 0.717) is 6.54 Å². The molecule has 1 aliphatic heterocycles. The molecule has 2 amide bonds. The van der Waals surface area contributed by atoms with Gasteiger partial charge >= 0.3 is 0 Å². The lowest BCUT2D eigenvalue weighted by molar-refractivity contribution is -0.149. The monoisotopic (exact) mass is 332 g/mol. The summed E-state index contributed by atoms with van der Waals surface area (Å²) >= 11 is 0. The van der Waals surface area contributed by atoms with Gasteiger partial charge in [0.1, 0.15) is 11.2 Å². The molecule has 5 nitrogen and oxygen atoms in total. The van der Waals surface area contributed by atoms with Crippen molar-refractivity contribution < 1.29 is 14.3 Å². The topological polar surface area (TPSA) is 58.6 Å². The molecule has 0 unspecified atom stereocenters. The minimum atomic E-state index is -1.02. The number of carbonyl (C=O) groups is 2. The Morgan fingerprint density at radius 1 is 1.12 bits per heavy atom. The summed E-state index contributed by atoms with van der Waals surface area (Å²) in [5.41, 5.74) is 0.105. The summed E-state index contributed by atoms with van der Waals surface area (Å²) in [5.74, 6) is 0.548. The van der Waals surface area contributed by atoms with Crippen LogP contribution in [0.4, 0.5) is 0 Å². The molecule has 5 heteroatoms. The van der Waals surface area contributed by atoms with E-state index >= 15 is 0 Å². The van der Waals surface area contributed by atoms with Crippen molar-refractivity contribution >= 4 is 11.8 Å². The molecule has 0 radical (unpaired) electrons. The summed E-state index contributed by atoms with van der Waals surface area (Å²) in [4.78, 5) is 26.9. The molecule has 1 aromatic rings. The first-order valence-corrected chi connectivity index (χ1v) is 8.66. The Morgan fingerprint density at radius 2 is 1.75 bits per heavy atom. The van der Waals surface area contributed by atoms with Crippen LogP contribution in [0.1, 0.15) is 38.7 Å². The van der Waals surface area contributed by atoms with Gasteiger partial charge in [0.15, 0.2) is 0 Å². The second-order valence-electron chi connectivity index (χ2n) is 6.83. The number of methoxy groups -OCH3 is 1. The molecule has 1 saturated heterocycles. The molecule has 0 spiro atoms. The average molecular weight is 332 g/mol. The van der Waals surface area contributed by atoms with Crippen LogP contribution < -0.4 is 10.1 Å². The number of hydrogen-bond acceptors (Lipinski definition) is 3. The maximum atomic E-state index is 12.6. The Morgan fingerprint density at radius 3 is 2.33 bits per heavy atom. The molecule has 0 atom stereocenters. The first kappa shape index (κ1) is 18.3. The lowest BCUT2D eigenvalue weighted by Gasteiger charge is -2.33. The number of rotatable bonds is 6. The third kappa shape index (κ3) is 4.49. The quantitative estimate of drug-likeness (QED) is 0.814. The largest absolute Gasteiger partial charge is 0.497 e. The predicted octanol–water partition coefficient (Wildman–Crippen LogP) is 2.39. The van der Waals surface area contributed by atoms with Crippen molar-refractivity contribution in [1.29, 1.82) is 0 Å². The Balaban J connectivity index is 1.84. The van der Waals surface area contributed by atoms with Crippen LogP contribution in [0.2, 0.25) is 0 Å². The molecule has 0 bridgehead atoms. The van der Waals surface area contributed by atoms with Gasteiger partial charge in [-0.05, 0) is 57.2 Å². The zero-order valence-corrected chi connectivity index (χ0v) is 14.9. The zero-order chi connectivity index (χ0) is 17.6. The van der Waals surface area contributed by atoms with Crippen molar-refractivity contribution in [2.45, 2.75) is 39.5 Å². The Bertz CT molecular complexity index is 560. The zero-order valence-electron chi connectivity index (χ0n) is 14.9. The summed E-state index contributed by atoms with van der Waals surface area (Å²) in [6.45, 7) is 5.48. The van der Waals surface area contributed by atoms with Crippen molar-refractivity contribution in [1.82, 2.24) is 10.2 Å². The summed E-state index contributed by atoms with van der Waals surface area (Å²) in [5, 5.41) is 2.90. The lowest BCUT2D eigenvalue weighted by atomic mass is 9.89. The summed E-state index contributed by atoms with van der Waals surface area (Å²) in [6, 6.07) is 7.77. The van der Waals surface area contributed by atoms with E-state index in [4.69, 9.17) is 4.74 Å². The van der Waals surface area contributed by atoms with E-state index in [1.165, 1.54) is 0 Å². The van der Waals surface area contributed by atoms with E-state index < -0.39 is 5.41 Å². The van der Waals surface area contributed by atoms with Crippen molar-refractivity contribution in [3.05, 3.63) is 29.8 Å². The molecule has 0 saturated carbocycles. The highest BCUT2D eigenvalue weighted by molar-refractivity contribution is 6.04. The van der Waals surface area contributed by atoms with Gasteiger partial charge in [-0.1, -0.05) is 12.1 Å². The highest BCUT2D eigenvalue weighted by Crippen LogP contribution is 2.22. The maximum absolute atomic E-state index is 12.6. The Labute approximate surface area is 144 Å². The van der Waals surface area contributed by atoms with Gasteiger partial charge in [0.2, 0.25) is 11.8 Å². The standard InChI is InChI=1S/C19H28N2O3/c1-19(2,18(23)21-13-5-4-6-14-21)17(22)20-12-11-15-7-9-16(24-3)10-8-15/h7-10H,4-6,11-14H2,1-3H3,(H,20,22). The highest BCUT2D eigenvalue weighted by atomic mass is 16.5. The summed E-state index contributed by atoms with van der Waals surface area (Å²) < 4.78 is 5.13. The first-order valence-electron chi connectivity index (χ1n) is 8.66. The van der Waals surface area contributed by atoms with Crippen LogP contribution in [0.5, 0.6) is 5.75 Å². The van der Waals surface area contributed by atoms with Gasteiger partial charge in [-0.2, -0.15) is 0 Å². The molecule has 2 rings (SSSR count). The number of likely N-dealkylation sites (tertiary alicyclic amines) is 1. The van der Waals surface area contributed by atoms with Crippen molar-refractivity contribution in [3.8, 4) is 5.75 Å². The SMILES string of the molecule is COc1ccc(CCNC(=O)C(C)(C)C(=O)N2CCCCC2)cc1. The van der Waals surface area contributed by atoms with Crippen molar-refractivity contribution in [2.75, 3.05) is 26.7 Å². The predicted molar refractivity (Wildman–Crippen MR) is 93.9 cm³/mol. The number of benzene rings is 1. The molecule has 0 aliphatic carbocycles. The van der Waals surface area contributed by atoms with Gasteiger partial charge in [-0.15, -0.1) is 0 Å². The van der Waals surface area contributed by atoms with Gasteiger partial charge in [0.05, 0.1) is 7.11 Å². The second kappa shape index (κ2) is 8.18. The van der Waals surface area contributed by atoms with Crippen LogP contribution in [0.25, 0.3) is 0 Å². The number of amides is 2. The van der Waals surface area contributed by atoms with Crippen LogP contribution >= 0.6 is 0 Å². The summed E-state index contributed by atoms with van der Waals surface area (Å²) in [6.07, 6.45) is 3.95. The fourth-order valence-corrected chi connectivity index (χ4v) is 2.92. The van der Waals surface area contributed by atoms with E-state index in [1.807, 2.05) is 29.2 Å². The molecule has 1 aliphatic rings. The van der Waals surface area contributed by atoms with Crippen LogP contribution in [0, 0.1) is 5.41 Å². The Kier molecular flexibility index (Phi) is 6.23. The van der Waals surface area contributed by atoms with E-state index in [1.54, 1.807) is 21.0 Å². The van der Waals surface area contributed by atoms with Gasteiger partial charge in [0.25, 0.3) is 0 Å². The van der Waals surface area contributed by atoms with E-state index in [0.717, 1.165) is 50.1 Å². The second-order valence-corrected chi connectivity index (χ2v) is 6.83. The summed E-state index contributed by atoms with van der Waals surface area (Å²) in [7, 11) is 1.64. The van der Waals surface area contributed by atoms with E-state index in [-0.39, 0.29) is 11.8 Å². The van der Waals surface area contributed by atoms with Gasteiger partial charge in [0, 0.05) is 19.6 Å². The third-order valence-electron chi connectivity index (χ3n) is 4.60. The molecule has 132 valence electrons. The molecule has 1 aromatic carbocycles. The number of ether oxygens (including phenoxy) is 1. The van der Waals surface area contributed by atoms with Gasteiger partial charge in [-0.3, -0.25) is 9.59 Å². The van der Waals surface area contributed by atoms with Crippen LogP contribution in [0.3, 0.4) is 0 Å². The van der Waals surface area contributed by atoms with Crippen LogP contribution in [-0.4, -0.2) is 43.5 Å². The lowest BCUT2D eigenvalue weighted by Crippen LogP contribution is -2.51. The fraction of sp³-hybridized carbons (Fsp3) is 0.579. The maximum Gasteiger partial charge on any atom is 0.237 e. The van der Waals surface area contributed by atoms with Gasteiger partial charge in [-0.25, -0.2) is 0 Å². The molecule has 1 heterocycles. The van der Waals surface area contributed by atoms with E-state index in [2.05, 4.69) is 5.32 Å². The van der Waals surface area contributed by atoms with Crippen LogP contribution in [0.15, 0.2) is 24.3 Å². The Hall–Kier alpha value is -2.04. The number of carbonyl (C=O) groups excluding carboxylic acids is 2. The first-order chi connectivity index (χ1) is 11.4. The molecule has 1 fully saturated rings. The normalized spacial score (nSPS) is 15.0. The molecule has 1 N–H and O–H groups in total. The highest BCUT2D eigenvalue weighted by Gasteiger charge is 2.39. The number of piperidine rings is 1. The minimum absolute atomic E-state index is 0.0656. The van der Waals surface area contributed by atoms with Gasteiger partial charge < -0.3 is 15.0 Å². The molecule has 0 aromatic heterocycles. The number of nitrogens with zero attached hydrogens (tertiary/aromatic N) is 1. The number of nitrogens with one attached hydrogen (secondary N) is 1. The van der Waals surface area contributed by atoms with Crippen LogP contribution in [-0.2, 0) is 16.0 Å². The molecular weight excluding hydrogens is 304 g/mol. The smallest absolute Gasteiger partial charge is 0.237 e. The average Bonchev–Trinajstić information content (AvgIpc) is 2.62. The minimum Gasteiger partial charge on any atom is -0.497 e. The molecular formula is C19H28N2O3. The van der Waals surface area contributed by atoms with E-state index in [9.17, 15) is 9.59 Å². The van der Waals surface area contributed by atoms with Crippen molar-refractivity contribution in [2.24, 2.45) is 5.41 Å². The fourth-order valence-electron chi connectivity index (χ4n) is 2.92. The number of hydrogen-bond donors (Lipinski definition) is 1. The third-order valence-corrected chi connectivity index (χ3v) is 4.60. The van der Waals surface area contributed by atoms with Crippen molar-refractivity contribution in [3.63, 3.8) is 0 Å². The molecule has 24 heavy (non-hydrogen) atoms.